The molecule has 0 unspecified atom stereocenters. The molecule has 4 heteroatoms. The van der Waals surface area contributed by atoms with Crippen LogP contribution in [0.1, 0.15) is 6.92 Å². The van der Waals surface area contributed by atoms with Gasteiger partial charge >= 0.3 is 5.69 Å². The van der Waals surface area contributed by atoms with Gasteiger partial charge in [-0.25, -0.2) is 9.48 Å². The highest BCUT2D eigenvalue weighted by molar-refractivity contribution is 5.35. The Morgan fingerprint density at radius 2 is 2.36 bits per heavy atom. The average molecular weight is 189 g/mol. The van der Waals surface area contributed by atoms with Gasteiger partial charge < -0.3 is 0 Å². The van der Waals surface area contributed by atoms with Crippen LogP contribution in [0.15, 0.2) is 41.3 Å². The fraction of sp³-hybridized carbons (Fsp3) is 0.200. The summed E-state index contributed by atoms with van der Waals surface area (Å²) in [6.45, 7) is 2.44. The molecule has 0 aliphatic carbocycles. The Hall–Kier alpha value is -1.84. The summed E-state index contributed by atoms with van der Waals surface area (Å²) in [5, 5.41) is 4.17. The summed E-state index contributed by atoms with van der Waals surface area (Å²) in [4.78, 5) is 11.7. The van der Waals surface area contributed by atoms with Gasteiger partial charge in [-0.1, -0.05) is 18.2 Å². The summed E-state index contributed by atoms with van der Waals surface area (Å²) < 4.78 is 2.97. The Labute approximate surface area is 81.1 Å². The average Bonchev–Trinajstić information content (AvgIpc) is 2.54. The zero-order valence-electron chi connectivity index (χ0n) is 7.92. The molecule has 2 aromatic rings. The van der Waals surface area contributed by atoms with Crippen molar-refractivity contribution in [2.45, 2.75) is 13.5 Å². The maximum atomic E-state index is 11.7. The number of pyridine rings is 1. The number of hydrogen-bond acceptors (Lipinski definition) is 2. The summed E-state index contributed by atoms with van der Waals surface area (Å²) in [7, 11) is 0. The standard InChI is InChI=1S/C10H11N3O/c1-2-3-8-13-10(14)12-7-5-4-6-9(12)11-13/h2-7H,8H2,1H3/b3-2+. The summed E-state index contributed by atoms with van der Waals surface area (Å²) in [5.74, 6) is 0. The maximum absolute atomic E-state index is 11.7. The van der Waals surface area contributed by atoms with Crippen LogP contribution in [0, 0.1) is 0 Å². The van der Waals surface area contributed by atoms with Crippen LogP contribution in [0.4, 0.5) is 0 Å². The monoisotopic (exact) mass is 189 g/mol. The first-order valence-corrected chi connectivity index (χ1v) is 4.48. The van der Waals surface area contributed by atoms with Crippen LogP contribution < -0.4 is 5.69 Å². The normalized spacial score (nSPS) is 11.5. The second-order valence-corrected chi connectivity index (χ2v) is 2.96. The number of nitrogens with zero attached hydrogens (tertiary/aromatic N) is 3. The van der Waals surface area contributed by atoms with E-state index in [1.165, 1.54) is 9.08 Å². The van der Waals surface area contributed by atoms with E-state index in [4.69, 9.17) is 0 Å². The van der Waals surface area contributed by atoms with Crippen LogP contribution in [-0.2, 0) is 6.54 Å². The number of hydrogen-bond donors (Lipinski definition) is 0. The van der Waals surface area contributed by atoms with Gasteiger partial charge in [-0.15, -0.1) is 5.10 Å². The van der Waals surface area contributed by atoms with Crippen molar-refractivity contribution in [1.82, 2.24) is 14.2 Å². The molecular weight excluding hydrogens is 178 g/mol. The highest BCUT2D eigenvalue weighted by atomic mass is 16.2. The third kappa shape index (κ3) is 1.35. The second kappa shape index (κ2) is 3.49. The van der Waals surface area contributed by atoms with Gasteiger partial charge in [0.25, 0.3) is 0 Å². The fourth-order valence-electron chi connectivity index (χ4n) is 1.29. The van der Waals surface area contributed by atoms with E-state index in [1.807, 2.05) is 37.3 Å². The van der Waals surface area contributed by atoms with Crippen LogP contribution >= 0.6 is 0 Å². The Bertz CT molecular complexity index is 521. The number of aromatic nitrogens is 3. The molecular formula is C10H11N3O. The second-order valence-electron chi connectivity index (χ2n) is 2.96. The topological polar surface area (TPSA) is 39.3 Å². The van der Waals surface area contributed by atoms with Gasteiger partial charge in [-0.2, -0.15) is 0 Å². The highest BCUT2D eigenvalue weighted by Crippen LogP contribution is 1.94. The van der Waals surface area contributed by atoms with Crippen LogP contribution in [-0.4, -0.2) is 14.2 Å². The predicted octanol–water partition coefficient (Wildman–Crippen LogP) is 1.07. The Balaban J connectivity index is 2.57. The van der Waals surface area contributed by atoms with Gasteiger partial charge in [0.15, 0.2) is 5.65 Å². The molecule has 0 aliphatic rings. The molecule has 0 atom stereocenters. The van der Waals surface area contributed by atoms with E-state index in [1.54, 1.807) is 6.20 Å². The lowest BCUT2D eigenvalue weighted by Gasteiger charge is -1.88. The Morgan fingerprint density at radius 3 is 3.07 bits per heavy atom. The molecule has 0 aromatic carbocycles. The molecule has 4 nitrogen and oxygen atoms in total. The maximum Gasteiger partial charge on any atom is 0.350 e. The third-order valence-electron chi connectivity index (χ3n) is 2.00. The molecule has 14 heavy (non-hydrogen) atoms. The highest BCUT2D eigenvalue weighted by Gasteiger charge is 2.02. The van der Waals surface area contributed by atoms with Crippen molar-refractivity contribution in [2.24, 2.45) is 0 Å². The lowest BCUT2D eigenvalue weighted by Crippen LogP contribution is -2.20. The van der Waals surface area contributed by atoms with Gasteiger partial charge in [-0.3, -0.25) is 4.40 Å². The molecule has 0 spiro atoms. The van der Waals surface area contributed by atoms with Gasteiger partial charge in [0.2, 0.25) is 0 Å². The molecule has 0 radical (unpaired) electrons. The van der Waals surface area contributed by atoms with E-state index in [0.29, 0.717) is 12.2 Å². The fourth-order valence-corrected chi connectivity index (χ4v) is 1.29. The predicted molar refractivity (Wildman–Crippen MR) is 54.3 cm³/mol. The van der Waals surface area contributed by atoms with Crippen molar-refractivity contribution < 1.29 is 0 Å². The van der Waals surface area contributed by atoms with Crippen LogP contribution in [0.3, 0.4) is 0 Å². The van der Waals surface area contributed by atoms with Crippen molar-refractivity contribution >= 4 is 5.65 Å². The minimum absolute atomic E-state index is 0.0984. The molecule has 0 aliphatic heterocycles. The van der Waals surface area contributed by atoms with Gasteiger partial charge in [0.1, 0.15) is 0 Å². The molecule has 0 N–H and O–H groups in total. The third-order valence-corrected chi connectivity index (χ3v) is 2.00. The van der Waals surface area contributed by atoms with Crippen molar-refractivity contribution in [3.8, 4) is 0 Å². The summed E-state index contributed by atoms with van der Waals surface area (Å²) in [6, 6.07) is 5.49. The minimum atomic E-state index is -0.0984. The van der Waals surface area contributed by atoms with Gasteiger partial charge in [0, 0.05) is 6.20 Å². The van der Waals surface area contributed by atoms with Crippen LogP contribution in [0.5, 0.6) is 0 Å². The van der Waals surface area contributed by atoms with E-state index >= 15 is 0 Å². The summed E-state index contributed by atoms with van der Waals surface area (Å²) >= 11 is 0. The largest absolute Gasteiger partial charge is 0.350 e. The zero-order valence-corrected chi connectivity index (χ0v) is 7.92. The van der Waals surface area contributed by atoms with Gasteiger partial charge in [0.05, 0.1) is 6.54 Å². The zero-order chi connectivity index (χ0) is 9.97. The van der Waals surface area contributed by atoms with E-state index in [0.717, 1.165) is 0 Å². The van der Waals surface area contributed by atoms with E-state index in [2.05, 4.69) is 5.10 Å². The quantitative estimate of drug-likeness (QED) is 0.663. The number of rotatable bonds is 2. The first-order chi connectivity index (χ1) is 6.83. The van der Waals surface area contributed by atoms with Crippen molar-refractivity contribution in [1.29, 1.82) is 0 Å². The van der Waals surface area contributed by atoms with Crippen molar-refractivity contribution in [3.63, 3.8) is 0 Å². The first kappa shape index (κ1) is 8.74. The van der Waals surface area contributed by atoms with Crippen molar-refractivity contribution in [2.75, 3.05) is 0 Å². The van der Waals surface area contributed by atoms with Crippen LogP contribution in [0.25, 0.3) is 5.65 Å². The molecule has 2 aromatic heterocycles. The molecule has 0 bridgehead atoms. The smallest absolute Gasteiger partial charge is 0.250 e. The van der Waals surface area contributed by atoms with E-state index < -0.39 is 0 Å². The van der Waals surface area contributed by atoms with Gasteiger partial charge in [-0.05, 0) is 19.1 Å². The van der Waals surface area contributed by atoms with E-state index in [9.17, 15) is 4.79 Å². The minimum Gasteiger partial charge on any atom is -0.250 e. The van der Waals surface area contributed by atoms with E-state index in [-0.39, 0.29) is 5.69 Å². The number of fused-ring (bicyclic) bond motifs is 1. The molecule has 0 fully saturated rings. The van der Waals surface area contributed by atoms with Crippen molar-refractivity contribution in [3.05, 3.63) is 47.0 Å². The molecule has 0 saturated heterocycles. The molecule has 72 valence electrons. The molecule has 0 saturated carbocycles. The first-order valence-electron chi connectivity index (χ1n) is 4.48. The van der Waals surface area contributed by atoms with Crippen LogP contribution in [0.2, 0.25) is 0 Å². The SMILES string of the molecule is C/C=C/Cn1nc2ccccn2c1=O. The Morgan fingerprint density at radius 1 is 1.50 bits per heavy atom. The molecule has 0 amide bonds. The lowest BCUT2D eigenvalue weighted by atomic mass is 10.5. The lowest BCUT2D eigenvalue weighted by molar-refractivity contribution is 0.672. The summed E-state index contributed by atoms with van der Waals surface area (Å²) in [6.07, 6.45) is 5.52. The number of allylic oxidation sites excluding steroid dienone is 2. The molecule has 2 rings (SSSR count). The summed E-state index contributed by atoms with van der Waals surface area (Å²) in [5.41, 5.74) is 0.584. The molecule has 2 heterocycles. The Kier molecular flexibility index (Phi) is 2.18.